The van der Waals surface area contributed by atoms with E-state index >= 15 is 0 Å². The molecule has 8 nitrogen and oxygen atoms in total. The first-order valence-electron chi connectivity index (χ1n) is 7.46. The topological polar surface area (TPSA) is 99.5 Å². The van der Waals surface area contributed by atoms with E-state index in [0.717, 1.165) is 0 Å². The Labute approximate surface area is 139 Å². The van der Waals surface area contributed by atoms with Crippen LogP contribution in [0.3, 0.4) is 0 Å². The van der Waals surface area contributed by atoms with E-state index in [9.17, 15) is 14.4 Å². The summed E-state index contributed by atoms with van der Waals surface area (Å²) in [6, 6.07) is 1.37. The first-order chi connectivity index (χ1) is 11.5. The molecule has 1 aromatic heterocycles. The van der Waals surface area contributed by atoms with Gasteiger partial charge < -0.3 is 14.8 Å². The monoisotopic (exact) mass is 333 g/mol. The third-order valence-corrected chi connectivity index (χ3v) is 3.47. The highest BCUT2D eigenvalue weighted by Gasteiger charge is 2.20. The van der Waals surface area contributed by atoms with Crippen LogP contribution in [0.5, 0.6) is 0 Å². The molecule has 24 heavy (non-hydrogen) atoms. The Bertz CT molecular complexity index is 730. The van der Waals surface area contributed by atoms with Gasteiger partial charge >= 0.3 is 11.9 Å². The van der Waals surface area contributed by atoms with Crippen molar-refractivity contribution in [3.63, 3.8) is 0 Å². The summed E-state index contributed by atoms with van der Waals surface area (Å²) >= 11 is 0. The van der Waals surface area contributed by atoms with Gasteiger partial charge in [-0.25, -0.2) is 9.59 Å². The van der Waals surface area contributed by atoms with Gasteiger partial charge in [0, 0.05) is 24.4 Å². The third kappa shape index (κ3) is 3.89. The summed E-state index contributed by atoms with van der Waals surface area (Å²) in [5.41, 5.74) is 1.53. The fraction of sp³-hybridized carbons (Fsp3) is 0.375. The predicted molar refractivity (Wildman–Crippen MR) is 84.0 cm³/mol. The van der Waals surface area contributed by atoms with E-state index in [4.69, 9.17) is 4.74 Å². The number of carbonyl (C=O) groups excluding carboxylic acids is 3. The molecule has 128 valence electrons. The van der Waals surface area contributed by atoms with Gasteiger partial charge in [-0.05, 0) is 25.8 Å². The Morgan fingerprint density at radius 2 is 2.00 bits per heavy atom. The van der Waals surface area contributed by atoms with Crippen LogP contribution in [-0.4, -0.2) is 41.3 Å². The van der Waals surface area contributed by atoms with Crippen molar-refractivity contribution in [2.24, 2.45) is 7.05 Å². The van der Waals surface area contributed by atoms with E-state index in [1.165, 1.54) is 17.9 Å². The zero-order valence-corrected chi connectivity index (χ0v) is 13.8. The standard InChI is InChI=1S/C16H19N3O5/c1-4-24-15(21)10-5-7-11(8-6-10)17-14(20)12-9-13(16(22)23-3)19(2)18-12/h5,7,9H,4,6,8H2,1-3H3,(H,17,20). The summed E-state index contributed by atoms with van der Waals surface area (Å²) < 4.78 is 10.8. The van der Waals surface area contributed by atoms with Crippen molar-refractivity contribution in [3.8, 4) is 0 Å². The van der Waals surface area contributed by atoms with Gasteiger partial charge in [0.15, 0.2) is 5.69 Å². The summed E-state index contributed by atoms with van der Waals surface area (Å²) in [7, 11) is 2.81. The molecule has 0 fully saturated rings. The fourth-order valence-electron chi connectivity index (χ4n) is 2.22. The number of amides is 1. The average Bonchev–Trinajstić information content (AvgIpc) is 2.97. The number of rotatable bonds is 5. The lowest BCUT2D eigenvalue weighted by molar-refractivity contribution is -0.138. The molecule has 1 heterocycles. The number of aryl methyl sites for hydroxylation is 1. The maximum absolute atomic E-state index is 12.2. The van der Waals surface area contributed by atoms with E-state index in [2.05, 4.69) is 15.2 Å². The second-order valence-electron chi connectivity index (χ2n) is 5.09. The SMILES string of the molecule is CCOC(=O)C1=CC=C(NC(=O)c2cc(C(=O)OC)n(C)n2)CC1. The van der Waals surface area contributed by atoms with Gasteiger partial charge in [0.1, 0.15) is 5.69 Å². The van der Waals surface area contributed by atoms with Crippen molar-refractivity contribution in [1.29, 1.82) is 0 Å². The maximum Gasteiger partial charge on any atom is 0.356 e. The van der Waals surface area contributed by atoms with Gasteiger partial charge in [-0.3, -0.25) is 9.48 Å². The van der Waals surface area contributed by atoms with Crippen LogP contribution in [0.25, 0.3) is 0 Å². The number of aromatic nitrogens is 2. The molecule has 0 bridgehead atoms. The van der Waals surface area contributed by atoms with Gasteiger partial charge in [0.25, 0.3) is 5.91 Å². The number of nitrogens with one attached hydrogen (secondary N) is 1. The predicted octanol–water partition coefficient (Wildman–Crippen LogP) is 1.10. The van der Waals surface area contributed by atoms with Crippen molar-refractivity contribution in [2.45, 2.75) is 19.8 Å². The van der Waals surface area contributed by atoms with Crippen molar-refractivity contribution in [3.05, 3.63) is 40.9 Å². The van der Waals surface area contributed by atoms with Crippen molar-refractivity contribution < 1.29 is 23.9 Å². The number of allylic oxidation sites excluding steroid dienone is 3. The lowest BCUT2D eigenvalue weighted by atomic mass is 10.0. The molecule has 0 unspecified atom stereocenters. The van der Waals surface area contributed by atoms with Gasteiger partial charge in [-0.2, -0.15) is 5.10 Å². The molecule has 0 aliphatic heterocycles. The van der Waals surface area contributed by atoms with Crippen LogP contribution in [-0.2, 0) is 21.3 Å². The highest BCUT2D eigenvalue weighted by Crippen LogP contribution is 2.18. The van der Waals surface area contributed by atoms with E-state index < -0.39 is 11.9 Å². The van der Waals surface area contributed by atoms with Crippen LogP contribution in [0, 0.1) is 0 Å². The molecule has 0 radical (unpaired) electrons. The molecule has 1 N–H and O–H groups in total. The number of carbonyl (C=O) groups is 3. The lowest BCUT2D eigenvalue weighted by Crippen LogP contribution is -2.24. The average molecular weight is 333 g/mol. The van der Waals surface area contributed by atoms with E-state index in [-0.39, 0.29) is 17.4 Å². The van der Waals surface area contributed by atoms with Gasteiger partial charge in [0.05, 0.1) is 13.7 Å². The van der Waals surface area contributed by atoms with Crippen LogP contribution >= 0.6 is 0 Å². The zero-order chi connectivity index (χ0) is 17.7. The molecule has 0 saturated heterocycles. The summed E-state index contributed by atoms with van der Waals surface area (Å²) in [5.74, 6) is -1.34. The maximum atomic E-state index is 12.2. The van der Waals surface area contributed by atoms with Gasteiger partial charge in [-0.15, -0.1) is 0 Å². The van der Waals surface area contributed by atoms with Crippen molar-refractivity contribution in [2.75, 3.05) is 13.7 Å². The zero-order valence-electron chi connectivity index (χ0n) is 13.8. The molecule has 1 aliphatic carbocycles. The van der Waals surface area contributed by atoms with E-state index in [0.29, 0.717) is 30.7 Å². The highest BCUT2D eigenvalue weighted by atomic mass is 16.5. The third-order valence-electron chi connectivity index (χ3n) is 3.47. The van der Waals surface area contributed by atoms with Crippen LogP contribution in [0.2, 0.25) is 0 Å². The smallest absolute Gasteiger partial charge is 0.356 e. The summed E-state index contributed by atoms with van der Waals surface area (Å²) in [5, 5.41) is 6.72. The number of esters is 2. The molecule has 0 aromatic carbocycles. The Morgan fingerprint density at radius 3 is 2.58 bits per heavy atom. The molecule has 1 aromatic rings. The highest BCUT2D eigenvalue weighted by molar-refractivity contribution is 5.97. The first-order valence-corrected chi connectivity index (χ1v) is 7.46. The largest absolute Gasteiger partial charge is 0.464 e. The number of ether oxygens (including phenoxy) is 2. The lowest BCUT2D eigenvalue weighted by Gasteiger charge is -2.14. The number of hydrogen-bond donors (Lipinski definition) is 1. The van der Waals surface area contributed by atoms with Crippen molar-refractivity contribution in [1.82, 2.24) is 15.1 Å². The quantitative estimate of drug-likeness (QED) is 0.810. The van der Waals surface area contributed by atoms with Gasteiger partial charge in [0.2, 0.25) is 0 Å². The summed E-state index contributed by atoms with van der Waals surface area (Å²) in [4.78, 5) is 35.4. The normalized spacial score (nSPS) is 13.6. The minimum atomic E-state index is -0.567. The summed E-state index contributed by atoms with van der Waals surface area (Å²) in [6.45, 7) is 2.07. The van der Waals surface area contributed by atoms with Crippen LogP contribution < -0.4 is 5.32 Å². The Balaban J connectivity index is 2.06. The van der Waals surface area contributed by atoms with E-state index in [1.54, 1.807) is 26.1 Å². The molecule has 1 aliphatic rings. The Morgan fingerprint density at radius 1 is 1.25 bits per heavy atom. The Kier molecular flexibility index (Phi) is 5.51. The minimum Gasteiger partial charge on any atom is -0.464 e. The van der Waals surface area contributed by atoms with Crippen molar-refractivity contribution >= 4 is 17.8 Å². The van der Waals surface area contributed by atoms with Crippen LogP contribution in [0.15, 0.2) is 29.5 Å². The second kappa shape index (κ2) is 7.58. The number of methoxy groups -OCH3 is 1. The number of hydrogen-bond acceptors (Lipinski definition) is 6. The first kappa shape index (κ1) is 17.5. The summed E-state index contributed by atoms with van der Waals surface area (Å²) in [6.07, 6.45) is 4.29. The van der Waals surface area contributed by atoms with Gasteiger partial charge in [-0.1, -0.05) is 6.08 Å². The molecule has 0 atom stereocenters. The molecule has 1 amide bonds. The molecular formula is C16H19N3O5. The second-order valence-corrected chi connectivity index (χ2v) is 5.09. The molecule has 0 saturated carbocycles. The van der Waals surface area contributed by atoms with E-state index in [1.807, 2.05) is 0 Å². The molecule has 2 rings (SSSR count). The Hall–Kier alpha value is -2.90. The van der Waals surface area contributed by atoms with Crippen LogP contribution in [0.1, 0.15) is 40.7 Å². The fourth-order valence-corrected chi connectivity index (χ4v) is 2.22. The minimum absolute atomic E-state index is 0.110. The van der Waals surface area contributed by atoms with Crippen LogP contribution in [0.4, 0.5) is 0 Å². The molecule has 8 heteroatoms. The molecular weight excluding hydrogens is 314 g/mol. The number of nitrogens with zero attached hydrogens (tertiary/aromatic N) is 2. The molecule has 0 spiro atoms.